The van der Waals surface area contributed by atoms with Crippen LogP contribution in [-0.2, 0) is 4.74 Å². The van der Waals surface area contributed by atoms with Crippen molar-refractivity contribution >= 4 is 0 Å². The van der Waals surface area contributed by atoms with Gasteiger partial charge in [0.15, 0.2) is 0 Å². The van der Waals surface area contributed by atoms with Crippen molar-refractivity contribution in [3.8, 4) is 11.8 Å². The Balaban J connectivity index is 0.00000144. The summed E-state index contributed by atoms with van der Waals surface area (Å²) in [6, 6.07) is 10.1. The number of benzene rings is 1. The minimum Gasteiger partial charge on any atom is -1.00 e. The van der Waals surface area contributed by atoms with Gasteiger partial charge in [-0.3, -0.25) is 0 Å². The van der Waals surface area contributed by atoms with Crippen molar-refractivity contribution in [1.29, 1.82) is 0 Å². The molecule has 1 aliphatic rings. The Morgan fingerprint density at radius 3 is 2.82 bits per heavy atom. The molecule has 1 unspecified atom stereocenters. The van der Waals surface area contributed by atoms with Gasteiger partial charge in [-0.05, 0) is 25.0 Å². The maximum Gasteiger partial charge on any atom is 0.0700 e. The molecule has 3 heteroatoms. The third-order valence-corrected chi connectivity index (χ3v) is 2.62. The molecule has 17 heavy (non-hydrogen) atoms. The summed E-state index contributed by atoms with van der Waals surface area (Å²) in [5.41, 5.74) is 1.07. The molecule has 1 heterocycles. The second-order valence-electron chi connectivity index (χ2n) is 3.93. The second-order valence-corrected chi connectivity index (χ2v) is 3.93. The van der Waals surface area contributed by atoms with Crippen LogP contribution in [0, 0.1) is 11.8 Å². The van der Waals surface area contributed by atoms with Gasteiger partial charge in [0.1, 0.15) is 0 Å². The molecule has 2 nitrogen and oxygen atoms in total. The highest BCUT2D eigenvalue weighted by Gasteiger charge is 2.13. The predicted octanol–water partition coefficient (Wildman–Crippen LogP) is -1.19. The van der Waals surface area contributed by atoms with E-state index in [2.05, 4.69) is 17.2 Å². The molecule has 1 saturated heterocycles. The zero-order valence-corrected chi connectivity index (χ0v) is 10.5. The van der Waals surface area contributed by atoms with Crippen LogP contribution in [0.1, 0.15) is 18.4 Å². The molecule has 1 aromatic rings. The van der Waals surface area contributed by atoms with Gasteiger partial charge < -0.3 is 22.5 Å². The zero-order valence-electron chi connectivity index (χ0n) is 9.79. The van der Waals surface area contributed by atoms with E-state index in [4.69, 9.17) is 4.74 Å². The Hall–Kier alpha value is -1.01. The van der Waals surface area contributed by atoms with Crippen molar-refractivity contribution in [2.24, 2.45) is 0 Å². The summed E-state index contributed by atoms with van der Waals surface area (Å²) >= 11 is 0. The zero-order chi connectivity index (χ0) is 11.1. The van der Waals surface area contributed by atoms with Gasteiger partial charge in [-0.2, -0.15) is 0 Å². The largest absolute Gasteiger partial charge is 1.00 e. The van der Waals surface area contributed by atoms with Gasteiger partial charge in [0, 0.05) is 18.7 Å². The standard InChI is InChI=1S/C14H17NO.ClH/c1-2-6-13(7-3-1)8-4-10-15-12-14-9-5-11-16-14;/h1-3,6-7,14-15H,5,9-12H2;1H/p-1. The van der Waals surface area contributed by atoms with Gasteiger partial charge >= 0.3 is 0 Å². The van der Waals surface area contributed by atoms with E-state index in [-0.39, 0.29) is 12.4 Å². The summed E-state index contributed by atoms with van der Waals surface area (Å²) in [4.78, 5) is 0. The third kappa shape index (κ3) is 5.23. The van der Waals surface area contributed by atoms with Crippen LogP contribution in [0.3, 0.4) is 0 Å². The maximum atomic E-state index is 5.51. The maximum absolute atomic E-state index is 5.51. The fourth-order valence-electron chi connectivity index (χ4n) is 1.77. The molecule has 0 aromatic heterocycles. The number of nitrogens with one attached hydrogen (secondary N) is 1. The molecule has 0 spiro atoms. The van der Waals surface area contributed by atoms with E-state index in [0.29, 0.717) is 6.10 Å². The van der Waals surface area contributed by atoms with Crippen LogP contribution in [0.15, 0.2) is 30.3 Å². The fraction of sp³-hybridized carbons (Fsp3) is 0.429. The number of hydrogen-bond donors (Lipinski definition) is 1. The van der Waals surface area contributed by atoms with Crippen LogP contribution in [0.25, 0.3) is 0 Å². The minimum absolute atomic E-state index is 0. The van der Waals surface area contributed by atoms with Crippen LogP contribution in [0.4, 0.5) is 0 Å². The monoisotopic (exact) mass is 250 g/mol. The molecule has 0 aliphatic carbocycles. The predicted molar refractivity (Wildman–Crippen MR) is 65.2 cm³/mol. The van der Waals surface area contributed by atoms with Crippen LogP contribution in [0.5, 0.6) is 0 Å². The highest BCUT2D eigenvalue weighted by atomic mass is 35.5. The van der Waals surface area contributed by atoms with Crippen molar-refractivity contribution in [3.63, 3.8) is 0 Å². The first-order chi connectivity index (χ1) is 7.95. The summed E-state index contributed by atoms with van der Waals surface area (Å²) in [6.07, 6.45) is 2.78. The lowest BCUT2D eigenvalue weighted by Gasteiger charge is -2.07. The third-order valence-electron chi connectivity index (χ3n) is 2.62. The lowest BCUT2D eigenvalue weighted by Crippen LogP contribution is -3.00. The SMILES string of the molecule is C(#Cc1ccccc1)CNCC1CCCO1.[Cl-]. The quantitative estimate of drug-likeness (QED) is 0.538. The smallest absolute Gasteiger partial charge is 0.0700 e. The lowest BCUT2D eigenvalue weighted by molar-refractivity contribution is -0.00000450. The van der Waals surface area contributed by atoms with Gasteiger partial charge in [-0.25, -0.2) is 0 Å². The first-order valence-corrected chi connectivity index (χ1v) is 5.81. The first kappa shape index (κ1) is 14.1. The molecule has 1 atom stereocenters. The number of ether oxygens (including phenoxy) is 1. The molecule has 0 bridgehead atoms. The average molecular weight is 251 g/mol. The van der Waals surface area contributed by atoms with Crippen LogP contribution >= 0.6 is 0 Å². The van der Waals surface area contributed by atoms with Crippen LogP contribution in [0.2, 0.25) is 0 Å². The second kappa shape index (κ2) is 8.14. The summed E-state index contributed by atoms with van der Waals surface area (Å²) < 4.78 is 5.51. The Kier molecular flexibility index (Phi) is 6.73. The highest BCUT2D eigenvalue weighted by Crippen LogP contribution is 2.10. The van der Waals surface area contributed by atoms with Gasteiger partial charge in [-0.15, -0.1) is 0 Å². The van der Waals surface area contributed by atoms with E-state index >= 15 is 0 Å². The molecule has 1 fully saturated rings. The average Bonchev–Trinajstić information content (AvgIpc) is 2.83. The minimum atomic E-state index is 0. The van der Waals surface area contributed by atoms with E-state index in [0.717, 1.165) is 25.3 Å². The first-order valence-electron chi connectivity index (χ1n) is 5.81. The molecular weight excluding hydrogens is 234 g/mol. The topological polar surface area (TPSA) is 21.3 Å². The number of hydrogen-bond acceptors (Lipinski definition) is 2. The highest BCUT2D eigenvalue weighted by molar-refractivity contribution is 5.33. The van der Waals surface area contributed by atoms with Crippen molar-refractivity contribution in [1.82, 2.24) is 5.32 Å². The van der Waals surface area contributed by atoms with Gasteiger partial charge in [0.05, 0.1) is 12.6 Å². The van der Waals surface area contributed by atoms with Crippen molar-refractivity contribution in [2.45, 2.75) is 18.9 Å². The Morgan fingerprint density at radius 1 is 1.29 bits per heavy atom. The van der Waals surface area contributed by atoms with E-state index in [9.17, 15) is 0 Å². The number of rotatable bonds is 3. The Morgan fingerprint density at radius 2 is 2.12 bits per heavy atom. The van der Waals surface area contributed by atoms with Gasteiger partial charge in [0.2, 0.25) is 0 Å². The summed E-state index contributed by atoms with van der Waals surface area (Å²) in [6.45, 7) is 2.57. The van der Waals surface area contributed by atoms with Gasteiger partial charge in [-0.1, -0.05) is 30.0 Å². The summed E-state index contributed by atoms with van der Waals surface area (Å²) in [5, 5.41) is 3.30. The Labute approximate surface area is 109 Å². The van der Waals surface area contributed by atoms with Crippen molar-refractivity contribution in [3.05, 3.63) is 35.9 Å². The molecule has 2 rings (SSSR count). The van der Waals surface area contributed by atoms with Gasteiger partial charge in [0.25, 0.3) is 0 Å². The Bertz CT molecular complexity index is 363. The number of halogens is 1. The summed E-state index contributed by atoms with van der Waals surface area (Å²) in [5.74, 6) is 6.23. The summed E-state index contributed by atoms with van der Waals surface area (Å²) in [7, 11) is 0. The molecule has 0 saturated carbocycles. The van der Waals surface area contributed by atoms with E-state index in [1.165, 1.54) is 12.8 Å². The molecule has 1 aliphatic heterocycles. The lowest BCUT2D eigenvalue weighted by atomic mass is 10.2. The van der Waals surface area contributed by atoms with E-state index < -0.39 is 0 Å². The van der Waals surface area contributed by atoms with E-state index in [1.807, 2.05) is 30.3 Å². The van der Waals surface area contributed by atoms with E-state index in [1.54, 1.807) is 0 Å². The molecule has 1 N–H and O–H groups in total. The molecular formula is C14H17ClNO-. The molecule has 0 radical (unpaired) electrons. The van der Waals surface area contributed by atoms with Crippen LogP contribution < -0.4 is 17.7 Å². The molecule has 0 amide bonds. The molecule has 92 valence electrons. The van der Waals surface area contributed by atoms with Crippen molar-refractivity contribution in [2.75, 3.05) is 19.7 Å². The normalized spacial score (nSPS) is 18.0. The molecule has 1 aromatic carbocycles. The fourth-order valence-corrected chi connectivity index (χ4v) is 1.77. The van der Waals surface area contributed by atoms with Crippen molar-refractivity contribution < 1.29 is 17.1 Å². The van der Waals surface area contributed by atoms with Crippen LogP contribution in [-0.4, -0.2) is 25.8 Å².